The SMILES string of the molecule is CC(C)CNCC(=O)OCCc1ccccc1. The lowest BCUT2D eigenvalue weighted by Crippen LogP contribution is -2.28. The molecule has 0 amide bonds. The Morgan fingerprint density at radius 2 is 2.00 bits per heavy atom. The third-order valence-corrected chi connectivity index (χ3v) is 2.32. The van der Waals surface area contributed by atoms with E-state index in [1.54, 1.807) is 0 Å². The molecule has 17 heavy (non-hydrogen) atoms. The Labute approximate surface area is 103 Å². The van der Waals surface area contributed by atoms with E-state index in [1.807, 2.05) is 30.3 Å². The van der Waals surface area contributed by atoms with Crippen molar-refractivity contribution in [3.63, 3.8) is 0 Å². The van der Waals surface area contributed by atoms with Crippen LogP contribution in [0, 0.1) is 5.92 Å². The average molecular weight is 235 g/mol. The van der Waals surface area contributed by atoms with Crippen molar-refractivity contribution in [1.29, 1.82) is 0 Å². The summed E-state index contributed by atoms with van der Waals surface area (Å²) in [5.41, 5.74) is 1.19. The monoisotopic (exact) mass is 235 g/mol. The highest BCUT2D eigenvalue weighted by Crippen LogP contribution is 1.99. The molecule has 0 bridgehead atoms. The van der Waals surface area contributed by atoms with Crippen LogP contribution >= 0.6 is 0 Å². The lowest BCUT2D eigenvalue weighted by molar-refractivity contribution is -0.142. The normalized spacial score (nSPS) is 10.5. The second-order valence-corrected chi connectivity index (χ2v) is 4.48. The molecule has 0 unspecified atom stereocenters. The lowest BCUT2D eigenvalue weighted by atomic mass is 10.2. The van der Waals surface area contributed by atoms with Crippen LogP contribution in [0.1, 0.15) is 19.4 Å². The summed E-state index contributed by atoms with van der Waals surface area (Å²) < 4.78 is 5.13. The third kappa shape index (κ3) is 6.74. The van der Waals surface area contributed by atoms with E-state index in [9.17, 15) is 4.79 Å². The summed E-state index contributed by atoms with van der Waals surface area (Å²) in [6.45, 7) is 5.80. The van der Waals surface area contributed by atoms with E-state index in [4.69, 9.17) is 4.74 Å². The van der Waals surface area contributed by atoms with Gasteiger partial charge in [-0.3, -0.25) is 4.79 Å². The quantitative estimate of drug-likeness (QED) is 0.735. The van der Waals surface area contributed by atoms with E-state index in [-0.39, 0.29) is 5.97 Å². The van der Waals surface area contributed by atoms with Gasteiger partial charge in [0, 0.05) is 6.42 Å². The van der Waals surface area contributed by atoms with Gasteiger partial charge in [0.25, 0.3) is 0 Å². The maximum atomic E-state index is 11.3. The minimum absolute atomic E-state index is 0.179. The molecule has 0 radical (unpaired) electrons. The standard InChI is InChI=1S/C14H21NO2/c1-12(2)10-15-11-14(16)17-9-8-13-6-4-3-5-7-13/h3-7,12,15H,8-11H2,1-2H3. The molecular weight excluding hydrogens is 214 g/mol. The predicted molar refractivity (Wildman–Crippen MR) is 68.8 cm³/mol. The van der Waals surface area contributed by atoms with E-state index in [0.717, 1.165) is 13.0 Å². The molecule has 3 nitrogen and oxygen atoms in total. The zero-order chi connectivity index (χ0) is 12.5. The molecule has 0 aromatic heterocycles. The van der Waals surface area contributed by atoms with Crippen molar-refractivity contribution in [1.82, 2.24) is 5.32 Å². The van der Waals surface area contributed by atoms with Gasteiger partial charge >= 0.3 is 5.97 Å². The maximum absolute atomic E-state index is 11.3. The zero-order valence-corrected chi connectivity index (χ0v) is 10.6. The third-order valence-electron chi connectivity index (χ3n) is 2.32. The molecule has 0 saturated carbocycles. The first kappa shape index (κ1) is 13.7. The largest absolute Gasteiger partial charge is 0.464 e. The number of nitrogens with one attached hydrogen (secondary N) is 1. The van der Waals surface area contributed by atoms with Crippen LogP contribution in [0.5, 0.6) is 0 Å². The van der Waals surface area contributed by atoms with Gasteiger partial charge in [0.2, 0.25) is 0 Å². The number of carbonyl (C=O) groups excluding carboxylic acids is 1. The number of benzene rings is 1. The van der Waals surface area contributed by atoms with Crippen molar-refractivity contribution >= 4 is 5.97 Å². The number of ether oxygens (including phenoxy) is 1. The Balaban J connectivity index is 2.08. The molecule has 1 aromatic carbocycles. The van der Waals surface area contributed by atoms with Crippen LogP contribution in [-0.4, -0.2) is 25.7 Å². The number of hydrogen-bond acceptors (Lipinski definition) is 3. The van der Waals surface area contributed by atoms with Gasteiger partial charge in [-0.25, -0.2) is 0 Å². The summed E-state index contributed by atoms with van der Waals surface area (Å²) in [4.78, 5) is 11.3. The Morgan fingerprint density at radius 1 is 1.29 bits per heavy atom. The van der Waals surface area contributed by atoms with Crippen molar-refractivity contribution in [2.75, 3.05) is 19.7 Å². The average Bonchev–Trinajstić information content (AvgIpc) is 2.30. The molecule has 3 heteroatoms. The van der Waals surface area contributed by atoms with Crippen molar-refractivity contribution < 1.29 is 9.53 Å². The van der Waals surface area contributed by atoms with E-state index in [2.05, 4.69) is 19.2 Å². The fourth-order valence-electron chi connectivity index (χ4n) is 1.44. The van der Waals surface area contributed by atoms with Crippen LogP contribution in [0.3, 0.4) is 0 Å². The Morgan fingerprint density at radius 3 is 2.65 bits per heavy atom. The molecular formula is C14H21NO2. The molecule has 1 N–H and O–H groups in total. The van der Waals surface area contributed by atoms with Gasteiger partial charge < -0.3 is 10.1 Å². The number of esters is 1. The van der Waals surface area contributed by atoms with Crippen molar-refractivity contribution in [2.24, 2.45) is 5.92 Å². The Hall–Kier alpha value is -1.35. The molecule has 94 valence electrons. The molecule has 0 spiro atoms. The van der Waals surface area contributed by atoms with Crippen LogP contribution < -0.4 is 5.32 Å². The van der Waals surface area contributed by atoms with Crippen LogP contribution in [0.2, 0.25) is 0 Å². The first-order valence-corrected chi connectivity index (χ1v) is 6.08. The molecule has 1 aromatic rings. The highest BCUT2D eigenvalue weighted by Gasteiger charge is 2.02. The first-order valence-electron chi connectivity index (χ1n) is 6.08. The van der Waals surface area contributed by atoms with Crippen molar-refractivity contribution in [3.8, 4) is 0 Å². The van der Waals surface area contributed by atoms with Crippen LogP contribution in [0.4, 0.5) is 0 Å². The van der Waals surface area contributed by atoms with Gasteiger partial charge in [0.1, 0.15) is 0 Å². The number of hydrogen-bond donors (Lipinski definition) is 1. The van der Waals surface area contributed by atoms with Gasteiger partial charge in [-0.1, -0.05) is 44.2 Å². The smallest absolute Gasteiger partial charge is 0.319 e. The fourth-order valence-corrected chi connectivity index (χ4v) is 1.44. The van der Waals surface area contributed by atoms with E-state index < -0.39 is 0 Å². The predicted octanol–water partition coefficient (Wildman–Crippen LogP) is 2.02. The minimum Gasteiger partial charge on any atom is -0.464 e. The molecule has 0 aliphatic rings. The van der Waals surface area contributed by atoms with Crippen LogP contribution in [0.25, 0.3) is 0 Å². The van der Waals surface area contributed by atoms with Gasteiger partial charge in [-0.15, -0.1) is 0 Å². The van der Waals surface area contributed by atoms with Gasteiger partial charge in [0.15, 0.2) is 0 Å². The molecule has 0 atom stereocenters. The summed E-state index contributed by atoms with van der Waals surface area (Å²) >= 11 is 0. The zero-order valence-electron chi connectivity index (χ0n) is 10.6. The van der Waals surface area contributed by atoms with Gasteiger partial charge in [0.05, 0.1) is 13.2 Å². The molecule has 0 heterocycles. The molecule has 0 fully saturated rings. The lowest BCUT2D eigenvalue weighted by Gasteiger charge is -2.07. The molecule has 0 aliphatic carbocycles. The number of carbonyl (C=O) groups is 1. The molecule has 0 aliphatic heterocycles. The van der Waals surface area contributed by atoms with Crippen molar-refractivity contribution in [3.05, 3.63) is 35.9 Å². The highest BCUT2D eigenvalue weighted by atomic mass is 16.5. The summed E-state index contributed by atoms with van der Waals surface area (Å²) in [5, 5.41) is 3.06. The Bertz CT molecular complexity index is 322. The summed E-state index contributed by atoms with van der Waals surface area (Å²) in [7, 11) is 0. The van der Waals surface area contributed by atoms with Crippen molar-refractivity contribution in [2.45, 2.75) is 20.3 Å². The first-order chi connectivity index (χ1) is 8.18. The summed E-state index contributed by atoms with van der Waals surface area (Å²) in [5.74, 6) is 0.369. The van der Waals surface area contributed by atoms with Gasteiger partial charge in [-0.2, -0.15) is 0 Å². The Kier molecular flexibility index (Phi) is 6.33. The van der Waals surface area contributed by atoms with Crippen LogP contribution in [-0.2, 0) is 16.0 Å². The molecule has 0 saturated heterocycles. The number of rotatable bonds is 7. The second kappa shape index (κ2) is 7.85. The summed E-state index contributed by atoms with van der Waals surface area (Å²) in [6.07, 6.45) is 0.775. The topological polar surface area (TPSA) is 38.3 Å². The highest BCUT2D eigenvalue weighted by molar-refractivity contribution is 5.71. The van der Waals surface area contributed by atoms with E-state index in [1.165, 1.54) is 5.56 Å². The van der Waals surface area contributed by atoms with Crippen LogP contribution in [0.15, 0.2) is 30.3 Å². The van der Waals surface area contributed by atoms with E-state index >= 15 is 0 Å². The summed E-state index contributed by atoms with van der Waals surface area (Å²) in [6, 6.07) is 10.0. The minimum atomic E-state index is -0.179. The fraction of sp³-hybridized carbons (Fsp3) is 0.500. The molecule has 1 rings (SSSR count). The van der Waals surface area contributed by atoms with Gasteiger partial charge in [-0.05, 0) is 18.0 Å². The van der Waals surface area contributed by atoms with E-state index in [0.29, 0.717) is 19.1 Å². The second-order valence-electron chi connectivity index (χ2n) is 4.48. The maximum Gasteiger partial charge on any atom is 0.319 e.